The number of hydrogen-bond donors (Lipinski definition) is 1. The number of para-hydroxylation sites is 1. The fraction of sp³-hybridized carbons (Fsp3) is 0.118. The molecule has 5 heteroatoms. The fourth-order valence-electron chi connectivity index (χ4n) is 2.02. The van der Waals surface area contributed by atoms with Crippen molar-refractivity contribution < 1.29 is 9.72 Å². The second-order valence-electron chi connectivity index (χ2n) is 4.89. The maximum atomic E-state index is 12.0. The Labute approximate surface area is 128 Å². The van der Waals surface area contributed by atoms with Crippen LogP contribution in [-0.4, -0.2) is 10.8 Å². The number of nitro groups is 1. The minimum Gasteiger partial charge on any atom is -0.322 e. The van der Waals surface area contributed by atoms with Crippen LogP contribution in [-0.2, 0) is 4.79 Å². The van der Waals surface area contributed by atoms with Crippen molar-refractivity contribution in [2.24, 2.45) is 0 Å². The molecule has 1 amide bonds. The van der Waals surface area contributed by atoms with E-state index in [2.05, 4.69) is 5.32 Å². The van der Waals surface area contributed by atoms with Gasteiger partial charge in [-0.25, -0.2) is 0 Å². The van der Waals surface area contributed by atoms with Crippen LogP contribution in [0.4, 0.5) is 11.4 Å². The van der Waals surface area contributed by atoms with Gasteiger partial charge in [0.15, 0.2) is 0 Å². The molecule has 0 unspecified atom stereocenters. The van der Waals surface area contributed by atoms with E-state index in [4.69, 9.17) is 0 Å². The number of amides is 1. The van der Waals surface area contributed by atoms with E-state index in [1.165, 1.54) is 18.2 Å². The highest BCUT2D eigenvalue weighted by molar-refractivity contribution is 6.02. The molecule has 0 aromatic heterocycles. The zero-order chi connectivity index (χ0) is 16.1. The quantitative estimate of drug-likeness (QED) is 0.529. The lowest BCUT2D eigenvalue weighted by molar-refractivity contribution is -0.385. The highest BCUT2D eigenvalue weighted by Gasteiger charge is 2.10. The molecule has 0 fully saturated rings. The van der Waals surface area contributed by atoms with Crippen LogP contribution in [0.3, 0.4) is 0 Å². The molecule has 22 heavy (non-hydrogen) atoms. The van der Waals surface area contributed by atoms with Gasteiger partial charge in [0.2, 0.25) is 5.91 Å². The molecule has 0 heterocycles. The van der Waals surface area contributed by atoms with Crippen molar-refractivity contribution in [3.05, 3.63) is 75.3 Å². The molecule has 0 aliphatic rings. The van der Waals surface area contributed by atoms with Gasteiger partial charge in [0.1, 0.15) is 0 Å². The summed E-state index contributed by atoms with van der Waals surface area (Å²) in [5.41, 5.74) is 3.18. The van der Waals surface area contributed by atoms with E-state index in [0.717, 1.165) is 16.8 Å². The number of nitro benzene ring substituents is 1. The Kier molecular flexibility index (Phi) is 4.68. The maximum absolute atomic E-state index is 12.0. The van der Waals surface area contributed by atoms with E-state index in [0.29, 0.717) is 5.56 Å². The lowest BCUT2D eigenvalue weighted by atomic mass is 10.1. The van der Waals surface area contributed by atoms with E-state index >= 15 is 0 Å². The molecule has 2 aromatic carbocycles. The average Bonchev–Trinajstić information content (AvgIpc) is 2.50. The second kappa shape index (κ2) is 6.67. The molecule has 0 aliphatic heterocycles. The number of carbonyl (C=O) groups excluding carboxylic acids is 1. The molecule has 2 rings (SSSR count). The van der Waals surface area contributed by atoms with Crippen molar-refractivity contribution in [2.75, 3.05) is 5.32 Å². The van der Waals surface area contributed by atoms with Crippen LogP contribution in [0.15, 0.2) is 48.5 Å². The predicted molar refractivity (Wildman–Crippen MR) is 86.7 cm³/mol. The molecular formula is C17H16N2O3. The number of anilines is 1. The van der Waals surface area contributed by atoms with Gasteiger partial charge in [-0.05, 0) is 43.2 Å². The summed E-state index contributed by atoms with van der Waals surface area (Å²) in [6.45, 7) is 3.89. The van der Waals surface area contributed by atoms with Crippen LogP contribution >= 0.6 is 0 Å². The van der Waals surface area contributed by atoms with Crippen LogP contribution in [0.2, 0.25) is 0 Å². The van der Waals surface area contributed by atoms with E-state index in [9.17, 15) is 14.9 Å². The van der Waals surface area contributed by atoms with Gasteiger partial charge in [0.05, 0.1) is 10.5 Å². The maximum Gasteiger partial charge on any atom is 0.276 e. The van der Waals surface area contributed by atoms with Crippen LogP contribution in [0.5, 0.6) is 0 Å². The van der Waals surface area contributed by atoms with Crippen LogP contribution in [0.25, 0.3) is 6.08 Å². The van der Waals surface area contributed by atoms with Gasteiger partial charge in [-0.3, -0.25) is 14.9 Å². The lowest BCUT2D eigenvalue weighted by Gasteiger charge is -2.08. The van der Waals surface area contributed by atoms with Crippen molar-refractivity contribution >= 4 is 23.4 Å². The molecule has 0 bridgehead atoms. The standard InChI is InChI=1S/C17H16N2O3/c1-12-6-5-8-15(13(12)2)18-17(20)11-10-14-7-3-4-9-16(14)19(21)22/h3-11H,1-2H3,(H,18,20). The van der Waals surface area contributed by atoms with Gasteiger partial charge < -0.3 is 5.32 Å². The third kappa shape index (κ3) is 3.58. The second-order valence-corrected chi connectivity index (χ2v) is 4.89. The monoisotopic (exact) mass is 296 g/mol. The normalized spacial score (nSPS) is 10.6. The Morgan fingerprint density at radius 2 is 1.86 bits per heavy atom. The third-order valence-corrected chi connectivity index (χ3v) is 3.41. The number of aryl methyl sites for hydroxylation is 1. The molecule has 0 radical (unpaired) electrons. The summed E-state index contributed by atoms with van der Waals surface area (Å²) in [4.78, 5) is 22.4. The van der Waals surface area contributed by atoms with E-state index < -0.39 is 4.92 Å². The smallest absolute Gasteiger partial charge is 0.276 e. The van der Waals surface area contributed by atoms with Crippen molar-refractivity contribution in [1.29, 1.82) is 0 Å². The van der Waals surface area contributed by atoms with E-state index in [-0.39, 0.29) is 11.6 Å². The molecule has 0 aliphatic carbocycles. The van der Waals surface area contributed by atoms with Gasteiger partial charge in [0, 0.05) is 17.8 Å². The van der Waals surface area contributed by atoms with Gasteiger partial charge in [-0.15, -0.1) is 0 Å². The third-order valence-electron chi connectivity index (χ3n) is 3.41. The molecule has 0 saturated heterocycles. The zero-order valence-corrected chi connectivity index (χ0v) is 12.4. The van der Waals surface area contributed by atoms with Gasteiger partial charge in [0.25, 0.3) is 5.69 Å². The molecule has 5 nitrogen and oxygen atoms in total. The molecule has 1 N–H and O–H groups in total. The summed E-state index contributed by atoms with van der Waals surface area (Å²) < 4.78 is 0. The molecule has 2 aromatic rings. The number of carbonyl (C=O) groups is 1. The first-order valence-corrected chi connectivity index (χ1v) is 6.77. The van der Waals surface area contributed by atoms with E-state index in [1.54, 1.807) is 18.2 Å². The largest absolute Gasteiger partial charge is 0.322 e. The molecule has 0 saturated carbocycles. The zero-order valence-electron chi connectivity index (χ0n) is 12.4. The van der Waals surface area contributed by atoms with E-state index in [1.807, 2.05) is 32.0 Å². The van der Waals surface area contributed by atoms with Crippen molar-refractivity contribution in [1.82, 2.24) is 0 Å². The molecule has 0 spiro atoms. The lowest BCUT2D eigenvalue weighted by Crippen LogP contribution is -2.09. The van der Waals surface area contributed by atoms with Gasteiger partial charge >= 0.3 is 0 Å². The van der Waals surface area contributed by atoms with Gasteiger partial charge in [-0.2, -0.15) is 0 Å². The topological polar surface area (TPSA) is 72.2 Å². The summed E-state index contributed by atoms with van der Waals surface area (Å²) >= 11 is 0. The first kappa shape index (κ1) is 15.4. The van der Waals surface area contributed by atoms with Crippen LogP contribution < -0.4 is 5.32 Å². The Hall–Kier alpha value is -2.95. The Morgan fingerprint density at radius 1 is 1.14 bits per heavy atom. The summed E-state index contributed by atoms with van der Waals surface area (Å²) in [5.74, 6) is -0.327. The minimum atomic E-state index is -0.470. The molecular weight excluding hydrogens is 280 g/mol. The van der Waals surface area contributed by atoms with Crippen LogP contribution in [0.1, 0.15) is 16.7 Å². The van der Waals surface area contributed by atoms with Gasteiger partial charge in [-0.1, -0.05) is 24.3 Å². The fourth-order valence-corrected chi connectivity index (χ4v) is 2.02. The summed E-state index contributed by atoms with van der Waals surface area (Å²) in [7, 11) is 0. The highest BCUT2D eigenvalue weighted by atomic mass is 16.6. The van der Waals surface area contributed by atoms with Crippen molar-refractivity contribution in [3.8, 4) is 0 Å². The number of hydrogen-bond acceptors (Lipinski definition) is 3. The highest BCUT2D eigenvalue weighted by Crippen LogP contribution is 2.20. The number of benzene rings is 2. The Bertz CT molecular complexity index is 751. The minimum absolute atomic E-state index is 0.0294. The number of nitrogens with zero attached hydrogens (tertiary/aromatic N) is 1. The summed E-state index contributed by atoms with van der Waals surface area (Å²) in [6.07, 6.45) is 2.74. The Morgan fingerprint density at radius 3 is 2.59 bits per heavy atom. The molecule has 0 atom stereocenters. The number of rotatable bonds is 4. The SMILES string of the molecule is Cc1cccc(NC(=O)C=Cc2ccccc2[N+](=O)[O-])c1C. The number of nitrogens with one attached hydrogen (secondary N) is 1. The van der Waals surface area contributed by atoms with Crippen molar-refractivity contribution in [3.63, 3.8) is 0 Å². The molecule has 112 valence electrons. The summed E-state index contributed by atoms with van der Waals surface area (Å²) in [6, 6.07) is 11.9. The van der Waals surface area contributed by atoms with Crippen molar-refractivity contribution in [2.45, 2.75) is 13.8 Å². The Balaban J connectivity index is 2.16. The first-order chi connectivity index (χ1) is 10.5. The summed E-state index contributed by atoms with van der Waals surface area (Å²) in [5, 5.41) is 13.7. The predicted octanol–water partition coefficient (Wildman–Crippen LogP) is 3.86. The first-order valence-electron chi connectivity index (χ1n) is 6.77. The average molecular weight is 296 g/mol. The van der Waals surface area contributed by atoms with Crippen LogP contribution in [0, 0.1) is 24.0 Å².